The predicted octanol–water partition coefficient (Wildman–Crippen LogP) is 4.14. The Morgan fingerprint density at radius 2 is 1.67 bits per heavy atom. The number of methoxy groups -OCH3 is 1. The lowest BCUT2D eigenvalue weighted by molar-refractivity contribution is 0.0749. The third-order valence-corrected chi connectivity index (χ3v) is 5.48. The average molecular weight is 398 g/mol. The molecule has 4 aromatic rings. The summed E-state index contributed by atoms with van der Waals surface area (Å²) in [5.74, 6) is 1.71. The Morgan fingerprint density at radius 3 is 2.33 bits per heavy atom. The topological polar surface area (TPSA) is 52.3 Å². The molecule has 0 atom stereocenters. The van der Waals surface area contributed by atoms with Gasteiger partial charge in [0.25, 0.3) is 5.91 Å². The van der Waals surface area contributed by atoms with Crippen LogP contribution in [0.4, 0.5) is 0 Å². The van der Waals surface area contributed by atoms with E-state index >= 15 is 0 Å². The maximum absolute atomic E-state index is 13.0. The van der Waals surface area contributed by atoms with E-state index < -0.39 is 0 Å². The highest BCUT2D eigenvalue weighted by Gasteiger charge is 2.31. The second kappa shape index (κ2) is 7.22. The van der Waals surface area contributed by atoms with E-state index in [9.17, 15) is 4.79 Å². The van der Waals surface area contributed by atoms with Gasteiger partial charge in [0.1, 0.15) is 11.6 Å². The maximum Gasteiger partial charge on any atom is 0.254 e. The maximum atomic E-state index is 13.0. The molecule has 6 nitrogen and oxygen atoms in total. The molecule has 2 aromatic heterocycles. The number of hydrogen-bond donors (Lipinski definition) is 0. The van der Waals surface area contributed by atoms with E-state index in [0.717, 1.165) is 28.5 Å². The van der Waals surface area contributed by atoms with Crippen molar-refractivity contribution in [1.29, 1.82) is 0 Å². The largest absolute Gasteiger partial charge is 0.497 e. The van der Waals surface area contributed by atoms with Gasteiger partial charge in [0.2, 0.25) is 0 Å². The molecule has 0 spiro atoms. The van der Waals surface area contributed by atoms with Crippen molar-refractivity contribution in [2.24, 2.45) is 0 Å². The van der Waals surface area contributed by atoms with E-state index in [4.69, 9.17) is 9.84 Å². The van der Waals surface area contributed by atoms with Crippen LogP contribution < -0.4 is 4.74 Å². The van der Waals surface area contributed by atoms with Gasteiger partial charge in [-0.1, -0.05) is 17.7 Å². The van der Waals surface area contributed by atoms with Crippen molar-refractivity contribution in [3.8, 4) is 17.3 Å². The van der Waals surface area contributed by atoms with E-state index in [0.29, 0.717) is 18.7 Å². The number of rotatable bonds is 4. The van der Waals surface area contributed by atoms with Crippen molar-refractivity contribution in [2.45, 2.75) is 20.0 Å². The van der Waals surface area contributed by atoms with Gasteiger partial charge in [-0.3, -0.25) is 4.79 Å². The lowest BCUT2D eigenvalue weighted by Gasteiger charge is -2.18. The van der Waals surface area contributed by atoms with E-state index in [-0.39, 0.29) is 5.91 Å². The van der Waals surface area contributed by atoms with Crippen LogP contribution in [-0.4, -0.2) is 32.3 Å². The van der Waals surface area contributed by atoms with Crippen LogP contribution >= 0.6 is 0 Å². The molecule has 1 aliphatic heterocycles. The quantitative estimate of drug-likeness (QED) is 0.519. The molecule has 30 heavy (non-hydrogen) atoms. The zero-order valence-corrected chi connectivity index (χ0v) is 16.9. The monoisotopic (exact) mass is 398 g/mol. The number of amides is 1. The summed E-state index contributed by atoms with van der Waals surface area (Å²) in [5, 5.41) is 4.88. The van der Waals surface area contributed by atoms with Gasteiger partial charge < -0.3 is 14.2 Å². The summed E-state index contributed by atoms with van der Waals surface area (Å²) in [7, 11) is 1.62. The molecule has 3 heterocycles. The zero-order valence-electron chi connectivity index (χ0n) is 16.9. The number of carbonyl (C=O) groups is 1. The first-order chi connectivity index (χ1) is 14.6. The van der Waals surface area contributed by atoms with Crippen LogP contribution in [0.2, 0.25) is 0 Å². The molecule has 1 amide bonds. The Bertz CT molecular complexity index is 1190. The summed E-state index contributed by atoms with van der Waals surface area (Å²) in [4.78, 5) is 14.9. The van der Waals surface area contributed by atoms with Gasteiger partial charge in [0.15, 0.2) is 0 Å². The first-order valence-electron chi connectivity index (χ1n) is 9.88. The number of ether oxygens (including phenoxy) is 1. The summed E-state index contributed by atoms with van der Waals surface area (Å²) < 4.78 is 9.23. The Balaban J connectivity index is 1.50. The first-order valence-corrected chi connectivity index (χ1v) is 9.88. The van der Waals surface area contributed by atoms with Crippen molar-refractivity contribution in [3.05, 3.63) is 95.4 Å². The Morgan fingerprint density at radius 1 is 0.967 bits per heavy atom. The number of fused-ring (bicyclic) bond motifs is 1. The zero-order chi connectivity index (χ0) is 20.7. The normalized spacial score (nSPS) is 12.8. The highest BCUT2D eigenvalue weighted by atomic mass is 16.5. The van der Waals surface area contributed by atoms with Crippen LogP contribution in [0.1, 0.15) is 27.2 Å². The minimum absolute atomic E-state index is 0.00371. The van der Waals surface area contributed by atoms with Crippen molar-refractivity contribution < 1.29 is 9.53 Å². The second-order valence-electron chi connectivity index (χ2n) is 7.48. The van der Waals surface area contributed by atoms with Crippen LogP contribution in [0.3, 0.4) is 0 Å². The molecule has 0 bridgehead atoms. The fraction of sp³-hybridized carbons (Fsp3) is 0.167. The standard InChI is InChI=1S/C24H22N4O2/c1-17-5-9-19(10-6-17)28-23(26-13-3-4-14-26)21-15-27(16-22(21)25-28)24(29)18-7-11-20(30-2)12-8-18/h3-14H,15-16H2,1-2H3. The van der Waals surface area contributed by atoms with Crippen LogP contribution in [0.5, 0.6) is 5.75 Å². The van der Waals surface area contributed by atoms with E-state index in [1.165, 1.54) is 5.56 Å². The molecule has 5 rings (SSSR count). The summed E-state index contributed by atoms with van der Waals surface area (Å²) in [6.45, 7) is 3.09. The molecule has 0 saturated carbocycles. The van der Waals surface area contributed by atoms with Crippen molar-refractivity contribution >= 4 is 5.91 Å². The van der Waals surface area contributed by atoms with Gasteiger partial charge in [0.05, 0.1) is 31.6 Å². The molecule has 0 radical (unpaired) electrons. The third kappa shape index (κ3) is 3.06. The number of carbonyl (C=O) groups excluding carboxylic acids is 1. The number of benzene rings is 2. The molecule has 1 aliphatic rings. The summed E-state index contributed by atoms with van der Waals surface area (Å²) >= 11 is 0. The lowest BCUT2D eigenvalue weighted by Crippen LogP contribution is -2.26. The molecule has 0 unspecified atom stereocenters. The number of hydrogen-bond acceptors (Lipinski definition) is 3. The highest BCUT2D eigenvalue weighted by molar-refractivity contribution is 5.94. The Labute approximate surface area is 174 Å². The average Bonchev–Trinajstić information content (AvgIpc) is 3.50. The van der Waals surface area contributed by atoms with Gasteiger partial charge in [-0.2, -0.15) is 5.10 Å². The van der Waals surface area contributed by atoms with Crippen molar-refractivity contribution in [1.82, 2.24) is 19.2 Å². The van der Waals surface area contributed by atoms with E-state index in [2.05, 4.69) is 35.8 Å². The molecule has 0 fully saturated rings. The summed E-state index contributed by atoms with van der Waals surface area (Å²) in [6, 6.07) is 19.5. The molecular weight excluding hydrogens is 376 g/mol. The Hall–Kier alpha value is -3.80. The minimum Gasteiger partial charge on any atom is -0.497 e. The van der Waals surface area contributed by atoms with Gasteiger partial charge in [0, 0.05) is 23.5 Å². The highest BCUT2D eigenvalue weighted by Crippen LogP contribution is 2.31. The van der Waals surface area contributed by atoms with E-state index in [1.54, 1.807) is 19.2 Å². The predicted molar refractivity (Wildman–Crippen MR) is 114 cm³/mol. The van der Waals surface area contributed by atoms with Crippen LogP contribution in [0.15, 0.2) is 73.1 Å². The third-order valence-electron chi connectivity index (χ3n) is 5.48. The molecule has 0 aliphatic carbocycles. The molecule has 0 saturated heterocycles. The first kappa shape index (κ1) is 18.2. The number of aromatic nitrogens is 3. The fourth-order valence-corrected chi connectivity index (χ4v) is 3.87. The molecule has 150 valence electrons. The van der Waals surface area contributed by atoms with Crippen LogP contribution in [0, 0.1) is 6.92 Å². The number of aryl methyl sites for hydroxylation is 1. The second-order valence-corrected chi connectivity index (χ2v) is 7.48. The van der Waals surface area contributed by atoms with E-state index in [1.807, 2.05) is 46.2 Å². The van der Waals surface area contributed by atoms with Crippen molar-refractivity contribution in [3.63, 3.8) is 0 Å². The van der Waals surface area contributed by atoms with Gasteiger partial charge >= 0.3 is 0 Å². The Kier molecular flexibility index (Phi) is 4.39. The molecule has 6 heteroatoms. The van der Waals surface area contributed by atoms with Gasteiger partial charge in [-0.05, 0) is 55.5 Å². The minimum atomic E-state index is -0.00371. The fourth-order valence-electron chi connectivity index (χ4n) is 3.87. The summed E-state index contributed by atoms with van der Waals surface area (Å²) in [5.41, 5.74) is 4.87. The molecule has 0 N–H and O–H groups in total. The van der Waals surface area contributed by atoms with Crippen molar-refractivity contribution in [2.75, 3.05) is 7.11 Å². The molecule has 2 aromatic carbocycles. The van der Waals surface area contributed by atoms with Gasteiger partial charge in [-0.25, -0.2) is 4.68 Å². The van der Waals surface area contributed by atoms with Gasteiger partial charge in [-0.15, -0.1) is 0 Å². The van der Waals surface area contributed by atoms with Crippen LogP contribution in [0.25, 0.3) is 11.5 Å². The lowest BCUT2D eigenvalue weighted by atomic mass is 10.2. The smallest absolute Gasteiger partial charge is 0.254 e. The number of nitrogens with zero attached hydrogens (tertiary/aromatic N) is 4. The molecular formula is C24H22N4O2. The SMILES string of the molecule is COc1ccc(C(=O)N2Cc3nn(-c4ccc(C)cc4)c(-n4cccc4)c3C2)cc1. The summed E-state index contributed by atoms with van der Waals surface area (Å²) in [6.07, 6.45) is 4.02. The van der Waals surface area contributed by atoms with Crippen LogP contribution in [-0.2, 0) is 13.1 Å².